The number of piperidine rings is 1. The molecule has 1 heterocycles. The number of nitrogens with zero attached hydrogens (tertiary/aromatic N) is 1. The van der Waals surface area contributed by atoms with Crippen molar-refractivity contribution in [2.75, 3.05) is 13.1 Å². The van der Waals surface area contributed by atoms with Crippen molar-refractivity contribution in [3.8, 4) is 5.75 Å². The summed E-state index contributed by atoms with van der Waals surface area (Å²) in [6.45, 7) is 6.86. The first-order valence-corrected chi connectivity index (χ1v) is 10.6. The minimum absolute atomic E-state index is 0.00454. The van der Waals surface area contributed by atoms with Gasteiger partial charge in [-0.25, -0.2) is 0 Å². The van der Waals surface area contributed by atoms with Crippen molar-refractivity contribution in [3.63, 3.8) is 0 Å². The number of benzene rings is 2. The Morgan fingerprint density at radius 3 is 2.45 bits per heavy atom. The lowest BCUT2D eigenvalue weighted by Gasteiger charge is -2.32. The molecule has 0 radical (unpaired) electrons. The van der Waals surface area contributed by atoms with Crippen molar-refractivity contribution in [2.24, 2.45) is 0 Å². The Bertz CT molecular complexity index is 818. The number of rotatable bonds is 6. The van der Waals surface area contributed by atoms with Crippen molar-refractivity contribution in [1.29, 1.82) is 0 Å². The highest BCUT2D eigenvalue weighted by molar-refractivity contribution is 7.80. The molecule has 0 aromatic heterocycles. The fourth-order valence-electron chi connectivity index (χ4n) is 3.48. The Balaban J connectivity index is 1.46. The molecule has 1 amide bonds. The van der Waals surface area contributed by atoms with E-state index in [0.717, 1.165) is 32.5 Å². The van der Waals surface area contributed by atoms with E-state index < -0.39 is 0 Å². The molecule has 6 heteroatoms. The number of carbonyl (C=O) groups is 1. The van der Waals surface area contributed by atoms with Crippen LogP contribution in [0.5, 0.6) is 5.75 Å². The van der Waals surface area contributed by atoms with E-state index in [1.165, 1.54) is 5.56 Å². The van der Waals surface area contributed by atoms with Crippen LogP contribution in [0.25, 0.3) is 0 Å². The van der Waals surface area contributed by atoms with Crippen LogP contribution in [0.1, 0.15) is 42.6 Å². The largest absolute Gasteiger partial charge is 0.490 e. The molecule has 0 unspecified atom stereocenters. The molecule has 2 aromatic rings. The monoisotopic (exact) mass is 411 g/mol. The van der Waals surface area contributed by atoms with E-state index in [1.54, 1.807) is 12.1 Å². The van der Waals surface area contributed by atoms with Crippen LogP contribution < -0.4 is 15.4 Å². The molecule has 0 spiro atoms. The van der Waals surface area contributed by atoms with E-state index in [0.29, 0.717) is 16.4 Å². The van der Waals surface area contributed by atoms with E-state index >= 15 is 0 Å². The fraction of sp³-hybridized carbons (Fsp3) is 0.391. The van der Waals surface area contributed by atoms with Crippen molar-refractivity contribution in [3.05, 3.63) is 65.7 Å². The molecular formula is C23H29N3O2S. The minimum atomic E-state index is -0.250. The SMILES string of the molecule is CC(C)Oc1ccccc1C(=O)NC(=S)NC1CCN(Cc2ccccc2)CC1. The second-order valence-corrected chi connectivity index (χ2v) is 8.03. The van der Waals surface area contributed by atoms with Gasteiger partial charge in [0.15, 0.2) is 5.11 Å². The lowest BCUT2D eigenvalue weighted by atomic mass is 10.0. The van der Waals surface area contributed by atoms with Crippen molar-refractivity contribution < 1.29 is 9.53 Å². The van der Waals surface area contributed by atoms with Crippen molar-refractivity contribution in [2.45, 2.75) is 45.4 Å². The average Bonchev–Trinajstić information content (AvgIpc) is 2.70. The average molecular weight is 412 g/mol. The maximum absolute atomic E-state index is 12.6. The molecule has 2 aromatic carbocycles. The number of ether oxygens (including phenoxy) is 1. The molecule has 1 fully saturated rings. The molecule has 154 valence electrons. The fourth-order valence-corrected chi connectivity index (χ4v) is 3.74. The second kappa shape index (κ2) is 10.4. The number of nitrogens with one attached hydrogen (secondary N) is 2. The van der Waals surface area contributed by atoms with Gasteiger partial charge in [0.1, 0.15) is 5.75 Å². The number of hydrogen-bond acceptors (Lipinski definition) is 4. The van der Waals surface area contributed by atoms with Gasteiger partial charge < -0.3 is 10.1 Å². The summed E-state index contributed by atoms with van der Waals surface area (Å²) in [5.74, 6) is 0.317. The Hall–Kier alpha value is -2.44. The van der Waals surface area contributed by atoms with E-state index in [1.807, 2.05) is 32.0 Å². The number of hydrogen-bond donors (Lipinski definition) is 2. The predicted molar refractivity (Wildman–Crippen MR) is 120 cm³/mol. The summed E-state index contributed by atoms with van der Waals surface area (Å²) < 4.78 is 5.73. The Morgan fingerprint density at radius 1 is 1.10 bits per heavy atom. The quantitative estimate of drug-likeness (QED) is 0.709. The first-order chi connectivity index (χ1) is 14.0. The topological polar surface area (TPSA) is 53.6 Å². The van der Waals surface area contributed by atoms with Crippen LogP contribution in [0.2, 0.25) is 0 Å². The summed E-state index contributed by atoms with van der Waals surface area (Å²) in [4.78, 5) is 15.1. The maximum Gasteiger partial charge on any atom is 0.261 e. The molecule has 1 aliphatic heterocycles. The maximum atomic E-state index is 12.6. The van der Waals surface area contributed by atoms with Gasteiger partial charge in [-0.15, -0.1) is 0 Å². The van der Waals surface area contributed by atoms with Gasteiger partial charge in [0.25, 0.3) is 5.91 Å². The third kappa shape index (κ3) is 6.54. The van der Waals surface area contributed by atoms with Crippen LogP contribution in [0.4, 0.5) is 0 Å². The van der Waals surface area contributed by atoms with E-state index in [-0.39, 0.29) is 18.1 Å². The smallest absolute Gasteiger partial charge is 0.261 e. The first-order valence-electron chi connectivity index (χ1n) is 10.1. The lowest BCUT2D eigenvalue weighted by molar-refractivity contribution is 0.0970. The van der Waals surface area contributed by atoms with Gasteiger partial charge in [-0.1, -0.05) is 42.5 Å². The summed E-state index contributed by atoms with van der Waals surface area (Å²) in [6, 6.07) is 18.0. The molecule has 2 N–H and O–H groups in total. The van der Waals surface area contributed by atoms with Crippen molar-refractivity contribution in [1.82, 2.24) is 15.5 Å². The van der Waals surface area contributed by atoms with Crippen LogP contribution in [-0.2, 0) is 6.54 Å². The number of thiocarbonyl (C=S) groups is 1. The predicted octanol–water partition coefficient (Wildman–Crippen LogP) is 3.74. The highest BCUT2D eigenvalue weighted by Gasteiger charge is 2.21. The highest BCUT2D eigenvalue weighted by Crippen LogP contribution is 2.19. The molecule has 1 saturated heterocycles. The zero-order chi connectivity index (χ0) is 20.6. The van der Waals surface area contributed by atoms with Gasteiger partial charge in [-0.3, -0.25) is 15.0 Å². The Labute approximate surface area is 178 Å². The Kier molecular flexibility index (Phi) is 7.61. The molecule has 0 aliphatic carbocycles. The molecule has 0 saturated carbocycles. The van der Waals surface area contributed by atoms with Crippen LogP contribution >= 0.6 is 12.2 Å². The molecule has 5 nitrogen and oxygen atoms in total. The van der Waals surface area contributed by atoms with E-state index in [4.69, 9.17) is 17.0 Å². The molecule has 0 atom stereocenters. The summed E-state index contributed by atoms with van der Waals surface area (Å²) in [6.07, 6.45) is 1.99. The van der Waals surface area contributed by atoms with Crippen LogP contribution in [-0.4, -0.2) is 41.2 Å². The zero-order valence-corrected chi connectivity index (χ0v) is 17.9. The molecule has 29 heavy (non-hydrogen) atoms. The third-order valence-corrected chi connectivity index (χ3v) is 5.11. The van der Waals surface area contributed by atoms with Crippen LogP contribution in [0.3, 0.4) is 0 Å². The second-order valence-electron chi connectivity index (χ2n) is 7.63. The summed E-state index contributed by atoms with van der Waals surface area (Å²) in [5, 5.41) is 6.46. The molecule has 0 bridgehead atoms. The van der Waals surface area contributed by atoms with Gasteiger partial charge in [-0.2, -0.15) is 0 Å². The van der Waals surface area contributed by atoms with E-state index in [9.17, 15) is 4.79 Å². The van der Waals surface area contributed by atoms with Gasteiger partial charge in [0, 0.05) is 25.7 Å². The molecular weight excluding hydrogens is 382 g/mol. The summed E-state index contributed by atoms with van der Waals surface area (Å²) >= 11 is 5.38. The number of amides is 1. The van der Waals surface area contributed by atoms with Crippen molar-refractivity contribution >= 4 is 23.2 Å². The number of para-hydroxylation sites is 1. The number of likely N-dealkylation sites (tertiary alicyclic amines) is 1. The molecule has 3 rings (SSSR count). The van der Waals surface area contributed by atoms with E-state index in [2.05, 4.69) is 39.8 Å². The van der Waals surface area contributed by atoms with Gasteiger partial charge in [-0.05, 0) is 56.6 Å². The lowest BCUT2D eigenvalue weighted by Crippen LogP contribution is -2.48. The normalized spacial score (nSPS) is 15.1. The highest BCUT2D eigenvalue weighted by atomic mass is 32.1. The zero-order valence-electron chi connectivity index (χ0n) is 17.1. The van der Waals surface area contributed by atoms with Gasteiger partial charge in [0.05, 0.1) is 11.7 Å². The first kappa shape index (κ1) is 21.3. The summed E-state index contributed by atoms with van der Waals surface area (Å²) in [5.41, 5.74) is 1.83. The summed E-state index contributed by atoms with van der Waals surface area (Å²) in [7, 11) is 0. The van der Waals surface area contributed by atoms with Gasteiger partial charge in [0.2, 0.25) is 0 Å². The van der Waals surface area contributed by atoms with Crippen LogP contribution in [0.15, 0.2) is 54.6 Å². The third-order valence-electron chi connectivity index (χ3n) is 4.89. The van der Waals surface area contributed by atoms with Gasteiger partial charge >= 0.3 is 0 Å². The standard InChI is InChI=1S/C23H29N3O2S/c1-17(2)28-21-11-7-6-10-20(21)22(27)25-23(29)24-19-12-14-26(15-13-19)16-18-8-4-3-5-9-18/h3-11,17,19H,12-16H2,1-2H3,(H2,24,25,27,29). The number of carbonyl (C=O) groups excluding carboxylic acids is 1. The van der Waals surface area contributed by atoms with Crippen LogP contribution in [0, 0.1) is 0 Å². The Morgan fingerprint density at radius 2 is 1.76 bits per heavy atom. The molecule has 1 aliphatic rings. The minimum Gasteiger partial charge on any atom is -0.490 e.